The van der Waals surface area contributed by atoms with Crippen LogP contribution in [0.4, 0.5) is 11.6 Å². The van der Waals surface area contributed by atoms with Gasteiger partial charge in [-0.3, -0.25) is 0 Å². The Kier molecular flexibility index (Phi) is 4.57. The molecular formula is C14H21N5O. The summed E-state index contributed by atoms with van der Waals surface area (Å²) in [6.07, 6.45) is 3.50. The van der Waals surface area contributed by atoms with Gasteiger partial charge in [-0.1, -0.05) is 6.92 Å². The molecule has 0 bridgehead atoms. The lowest BCUT2D eigenvalue weighted by atomic mass is 10.2. The van der Waals surface area contributed by atoms with Gasteiger partial charge in [0.25, 0.3) is 0 Å². The Bertz CT molecular complexity index is 553. The minimum atomic E-state index is 0.653. The van der Waals surface area contributed by atoms with Gasteiger partial charge >= 0.3 is 0 Å². The summed E-state index contributed by atoms with van der Waals surface area (Å²) in [7, 11) is 1.98. The fourth-order valence-electron chi connectivity index (χ4n) is 2.11. The zero-order valence-electron chi connectivity index (χ0n) is 12.2. The number of hydrazine groups is 1. The van der Waals surface area contributed by atoms with E-state index in [4.69, 9.17) is 10.3 Å². The first-order chi connectivity index (χ1) is 9.65. The Morgan fingerprint density at radius 1 is 1.40 bits per heavy atom. The second kappa shape index (κ2) is 6.38. The van der Waals surface area contributed by atoms with Crippen LogP contribution >= 0.6 is 0 Å². The second-order valence-electron chi connectivity index (χ2n) is 4.77. The molecule has 0 spiro atoms. The summed E-state index contributed by atoms with van der Waals surface area (Å²) in [5, 5.41) is 0. The molecule has 0 fully saturated rings. The van der Waals surface area contributed by atoms with Crippen molar-refractivity contribution >= 4 is 11.6 Å². The number of nitrogens with zero attached hydrogens (tertiary/aromatic N) is 3. The van der Waals surface area contributed by atoms with Crippen LogP contribution in [0, 0.1) is 6.92 Å². The van der Waals surface area contributed by atoms with Crippen LogP contribution in [0.15, 0.2) is 22.8 Å². The molecule has 3 N–H and O–H groups in total. The van der Waals surface area contributed by atoms with Crippen LogP contribution in [0.3, 0.4) is 0 Å². The summed E-state index contributed by atoms with van der Waals surface area (Å²) in [6.45, 7) is 4.71. The number of rotatable bonds is 6. The molecule has 6 heteroatoms. The topological polar surface area (TPSA) is 80.2 Å². The normalized spacial score (nSPS) is 10.6. The molecule has 20 heavy (non-hydrogen) atoms. The van der Waals surface area contributed by atoms with Gasteiger partial charge in [-0.15, -0.1) is 0 Å². The molecule has 0 aliphatic carbocycles. The highest BCUT2D eigenvalue weighted by Crippen LogP contribution is 2.24. The number of nitrogens with one attached hydrogen (secondary N) is 1. The number of nitrogens with two attached hydrogens (primary N) is 1. The van der Waals surface area contributed by atoms with Crippen molar-refractivity contribution in [2.24, 2.45) is 5.84 Å². The third kappa shape index (κ3) is 3.08. The largest absolute Gasteiger partial charge is 0.467 e. The quantitative estimate of drug-likeness (QED) is 0.621. The first-order valence-electron chi connectivity index (χ1n) is 6.73. The summed E-state index contributed by atoms with van der Waals surface area (Å²) in [5.41, 5.74) is 3.58. The van der Waals surface area contributed by atoms with E-state index in [9.17, 15) is 0 Å². The molecule has 0 radical (unpaired) electrons. The molecule has 2 rings (SSSR count). The fraction of sp³-hybridized carbons (Fsp3) is 0.429. The highest BCUT2D eigenvalue weighted by atomic mass is 16.3. The minimum absolute atomic E-state index is 0.653. The lowest BCUT2D eigenvalue weighted by Gasteiger charge is -2.21. The highest BCUT2D eigenvalue weighted by molar-refractivity contribution is 5.57. The van der Waals surface area contributed by atoms with Gasteiger partial charge in [0, 0.05) is 19.0 Å². The SMILES string of the molecule is CCCc1nc(NN)c(C)c(N(C)Cc2ccco2)n1. The molecule has 0 atom stereocenters. The maximum Gasteiger partial charge on any atom is 0.148 e. The molecule has 108 valence electrons. The van der Waals surface area contributed by atoms with Crippen molar-refractivity contribution in [1.29, 1.82) is 0 Å². The van der Waals surface area contributed by atoms with Crippen LogP contribution in [-0.2, 0) is 13.0 Å². The lowest BCUT2D eigenvalue weighted by Crippen LogP contribution is -2.22. The molecule has 0 aliphatic rings. The Morgan fingerprint density at radius 2 is 2.20 bits per heavy atom. The molecule has 0 amide bonds. The standard InChI is InChI=1S/C14H21N5O/c1-4-6-12-16-13(18-15)10(2)14(17-12)19(3)9-11-7-5-8-20-11/h5,7-8H,4,6,9,15H2,1-3H3,(H,16,17,18). The molecule has 2 heterocycles. The second-order valence-corrected chi connectivity index (χ2v) is 4.77. The smallest absolute Gasteiger partial charge is 0.148 e. The van der Waals surface area contributed by atoms with E-state index in [2.05, 4.69) is 22.3 Å². The van der Waals surface area contributed by atoms with Gasteiger partial charge < -0.3 is 14.7 Å². The van der Waals surface area contributed by atoms with Crippen LogP contribution in [0.1, 0.15) is 30.5 Å². The van der Waals surface area contributed by atoms with E-state index in [1.807, 2.05) is 31.0 Å². The molecule has 6 nitrogen and oxygen atoms in total. The monoisotopic (exact) mass is 275 g/mol. The Balaban J connectivity index is 2.30. The number of furan rings is 1. The van der Waals surface area contributed by atoms with Crippen LogP contribution < -0.4 is 16.2 Å². The average Bonchev–Trinajstić information content (AvgIpc) is 2.93. The summed E-state index contributed by atoms with van der Waals surface area (Å²) < 4.78 is 5.37. The third-order valence-corrected chi connectivity index (χ3v) is 3.11. The molecular weight excluding hydrogens is 254 g/mol. The zero-order chi connectivity index (χ0) is 14.5. The van der Waals surface area contributed by atoms with E-state index in [0.29, 0.717) is 12.4 Å². The molecule has 2 aromatic heterocycles. The van der Waals surface area contributed by atoms with E-state index in [0.717, 1.165) is 35.8 Å². The number of anilines is 2. The summed E-state index contributed by atoms with van der Waals surface area (Å²) in [5.74, 6) is 8.77. The van der Waals surface area contributed by atoms with Crippen molar-refractivity contribution in [3.8, 4) is 0 Å². The maximum absolute atomic E-state index is 5.54. The van der Waals surface area contributed by atoms with Gasteiger partial charge in [0.15, 0.2) is 0 Å². The van der Waals surface area contributed by atoms with E-state index in [1.165, 1.54) is 0 Å². The van der Waals surface area contributed by atoms with E-state index >= 15 is 0 Å². The van der Waals surface area contributed by atoms with Gasteiger partial charge in [-0.2, -0.15) is 0 Å². The summed E-state index contributed by atoms with van der Waals surface area (Å²) >= 11 is 0. The molecule has 2 aromatic rings. The van der Waals surface area contributed by atoms with Gasteiger partial charge in [-0.25, -0.2) is 15.8 Å². The van der Waals surface area contributed by atoms with Crippen LogP contribution in [0.25, 0.3) is 0 Å². The first-order valence-corrected chi connectivity index (χ1v) is 6.73. The van der Waals surface area contributed by atoms with E-state index in [1.54, 1.807) is 6.26 Å². The Morgan fingerprint density at radius 3 is 2.80 bits per heavy atom. The van der Waals surface area contributed by atoms with Crippen molar-refractivity contribution in [3.05, 3.63) is 35.5 Å². The van der Waals surface area contributed by atoms with Gasteiger partial charge in [0.2, 0.25) is 0 Å². The van der Waals surface area contributed by atoms with Crippen molar-refractivity contribution in [3.63, 3.8) is 0 Å². The van der Waals surface area contributed by atoms with Crippen LogP contribution in [0.2, 0.25) is 0 Å². The summed E-state index contributed by atoms with van der Waals surface area (Å²) in [4.78, 5) is 11.1. The maximum atomic E-state index is 5.54. The Labute approximate surface area is 119 Å². The van der Waals surface area contributed by atoms with Crippen molar-refractivity contribution in [1.82, 2.24) is 9.97 Å². The first kappa shape index (κ1) is 14.3. The number of nitrogen functional groups attached to an aromatic ring is 1. The summed E-state index contributed by atoms with van der Waals surface area (Å²) in [6, 6.07) is 3.83. The number of hydrogen-bond acceptors (Lipinski definition) is 6. The molecule has 0 aliphatic heterocycles. The molecule has 0 saturated heterocycles. The number of aromatic nitrogens is 2. The number of hydrogen-bond donors (Lipinski definition) is 2. The molecule has 0 aromatic carbocycles. The van der Waals surface area contributed by atoms with Crippen LogP contribution in [-0.4, -0.2) is 17.0 Å². The minimum Gasteiger partial charge on any atom is -0.467 e. The van der Waals surface area contributed by atoms with Crippen LogP contribution in [0.5, 0.6) is 0 Å². The Hall–Kier alpha value is -2.08. The van der Waals surface area contributed by atoms with Gasteiger partial charge in [0.05, 0.1) is 12.8 Å². The van der Waals surface area contributed by atoms with Crippen molar-refractivity contribution in [2.45, 2.75) is 33.2 Å². The predicted molar refractivity (Wildman–Crippen MR) is 79.4 cm³/mol. The predicted octanol–water partition coefficient (Wildman–Crippen LogP) is 2.25. The van der Waals surface area contributed by atoms with E-state index < -0.39 is 0 Å². The molecule has 0 saturated carbocycles. The lowest BCUT2D eigenvalue weighted by molar-refractivity contribution is 0.506. The zero-order valence-corrected chi connectivity index (χ0v) is 12.2. The highest BCUT2D eigenvalue weighted by Gasteiger charge is 2.14. The van der Waals surface area contributed by atoms with E-state index in [-0.39, 0.29) is 0 Å². The average molecular weight is 275 g/mol. The molecule has 0 unspecified atom stereocenters. The third-order valence-electron chi connectivity index (χ3n) is 3.11. The number of aryl methyl sites for hydroxylation is 1. The fourth-order valence-corrected chi connectivity index (χ4v) is 2.11. The van der Waals surface area contributed by atoms with Gasteiger partial charge in [-0.05, 0) is 25.5 Å². The van der Waals surface area contributed by atoms with Gasteiger partial charge in [0.1, 0.15) is 23.2 Å². The van der Waals surface area contributed by atoms with Crippen molar-refractivity contribution < 1.29 is 4.42 Å². The van der Waals surface area contributed by atoms with Crippen molar-refractivity contribution in [2.75, 3.05) is 17.4 Å².